The van der Waals surface area contributed by atoms with Crippen LogP contribution in [0.2, 0.25) is 5.02 Å². The van der Waals surface area contributed by atoms with Crippen LogP contribution in [0.3, 0.4) is 0 Å². The van der Waals surface area contributed by atoms with Crippen molar-refractivity contribution in [2.45, 2.75) is 20.5 Å². The maximum atomic E-state index is 6.01. The zero-order valence-corrected chi connectivity index (χ0v) is 13.1. The summed E-state index contributed by atoms with van der Waals surface area (Å²) in [6.45, 7) is 4.81. The number of aryl methyl sites for hydroxylation is 1. The Bertz CT molecular complexity index is 620. The predicted molar refractivity (Wildman–Crippen MR) is 83.2 cm³/mol. The standard InChI is InChI=1S/C15H18ClN3O2/c1-4-20-9-14-18-13(17-3)8-15(19-14)21-11-5-6-12(16)10(2)7-11/h5-8H,4,9H2,1-3H3,(H,17,18,19). The van der Waals surface area contributed by atoms with Crippen LogP contribution in [0.1, 0.15) is 18.3 Å². The van der Waals surface area contributed by atoms with E-state index >= 15 is 0 Å². The first kappa shape index (κ1) is 15.5. The molecular weight excluding hydrogens is 290 g/mol. The first-order valence-corrected chi connectivity index (χ1v) is 7.07. The summed E-state index contributed by atoms with van der Waals surface area (Å²) in [5, 5.41) is 3.69. The van der Waals surface area contributed by atoms with Crippen molar-refractivity contribution >= 4 is 17.4 Å². The average Bonchev–Trinajstić information content (AvgIpc) is 2.48. The molecule has 1 heterocycles. The Balaban J connectivity index is 2.23. The molecule has 6 heteroatoms. The number of benzene rings is 1. The van der Waals surface area contributed by atoms with Gasteiger partial charge in [0.1, 0.15) is 18.2 Å². The molecule has 0 spiro atoms. The molecule has 0 unspecified atom stereocenters. The fourth-order valence-corrected chi connectivity index (χ4v) is 1.83. The lowest BCUT2D eigenvalue weighted by Gasteiger charge is -2.10. The number of halogens is 1. The number of nitrogens with zero attached hydrogens (tertiary/aromatic N) is 2. The number of hydrogen-bond donors (Lipinski definition) is 1. The molecule has 2 rings (SSSR count). The number of aromatic nitrogens is 2. The number of ether oxygens (including phenoxy) is 2. The third-order valence-electron chi connectivity index (χ3n) is 2.79. The smallest absolute Gasteiger partial charge is 0.224 e. The fraction of sp³-hybridized carbons (Fsp3) is 0.333. The van der Waals surface area contributed by atoms with Crippen molar-refractivity contribution in [3.05, 3.63) is 40.7 Å². The summed E-state index contributed by atoms with van der Waals surface area (Å²) in [4.78, 5) is 8.65. The highest BCUT2D eigenvalue weighted by Crippen LogP contribution is 2.26. The third kappa shape index (κ3) is 4.31. The Morgan fingerprint density at radius 2 is 2.05 bits per heavy atom. The molecule has 0 aliphatic rings. The van der Waals surface area contributed by atoms with E-state index in [1.807, 2.05) is 19.9 Å². The molecule has 21 heavy (non-hydrogen) atoms. The average molecular weight is 308 g/mol. The third-order valence-corrected chi connectivity index (χ3v) is 3.22. The van der Waals surface area contributed by atoms with Gasteiger partial charge in [0.2, 0.25) is 5.88 Å². The summed E-state index contributed by atoms with van der Waals surface area (Å²) in [6.07, 6.45) is 0. The zero-order chi connectivity index (χ0) is 15.2. The second kappa shape index (κ2) is 7.24. The molecule has 0 radical (unpaired) electrons. The second-order valence-electron chi connectivity index (χ2n) is 4.41. The topological polar surface area (TPSA) is 56.3 Å². The van der Waals surface area contributed by atoms with E-state index in [-0.39, 0.29) is 0 Å². The van der Waals surface area contributed by atoms with Crippen LogP contribution in [0, 0.1) is 6.92 Å². The van der Waals surface area contributed by atoms with E-state index < -0.39 is 0 Å². The van der Waals surface area contributed by atoms with E-state index in [1.165, 1.54) is 0 Å². The van der Waals surface area contributed by atoms with Crippen molar-refractivity contribution in [2.75, 3.05) is 19.0 Å². The molecule has 0 aliphatic carbocycles. The quantitative estimate of drug-likeness (QED) is 0.879. The van der Waals surface area contributed by atoms with Crippen LogP contribution in [0.5, 0.6) is 11.6 Å². The molecule has 1 aromatic carbocycles. The van der Waals surface area contributed by atoms with Gasteiger partial charge in [0.15, 0.2) is 5.82 Å². The molecule has 2 aromatic rings. The van der Waals surface area contributed by atoms with E-state index in [1.54, 1.807) is 25.2 Å². The molecule has 0 atom stereocenters. The normalized spacial score (nSPS) is 10.5. The summed E-state index contributed by atoms with van der Waals surface area (Å²) in [5.41, 5.74) is 0.951. The Labute approximate surface area is 129 Å². The van der Waals surface area contributed by atoms with Crippen molar-refractivity contribution < 1.29 is 9.47 Å². The van der Waals surface area contributed by atoms with Gasteiger partial charge in [-0.05, 0) is 37.6 Å². The lowest BCUT2D eigenvalue weighted by Crippen LogP contribution is -2.04. The number of rotatable bonds is 6. The molecule has 5 nitrogen and oxygen atoms in total. The van der Waals surface area contributed by atoms with Gasteiger partial charge < -0.3 is 14.8 Å². The summed E-state index contributed by atoms with van der Waals surface area (Å²) in [6, 6.07) is 7.21. The Kier molecular flexibility index (Phi) is 5.36. The molecular formula is C15H18ClN3O2. The van der Waals surface area contributed by atoms with E-state index in [2.05, 4.69) is 15.3 Å². The van der Waals surface area contributed by atoms with Crippen molar-refractivity contribution in [3.63, 3.8) is 0 Å². The molecule has 1 aromatic heterocycles. The largest absolute Gasteiger partial charge is 0.439 e. The highest BCUT2D eigenvalue weighted by molar-refractivity contribution is 6.31. The minimum absolute atomic E-state index is 0.349. The Hall–Kier alpha value is -1.85. The van der Waals surface area contributed by atoms with Gasteiger partial charge in [0.25, 0.3) is 0 Å². The van der Waals surface area contributed by atoms with E-state index in [0.717, 1.165) is 5.56 Å². The zero-order valence-electron chi connectivity index (χ0n) is 12.3. The lowest BCUT2D eigenvalue weighted by molar-refractivity contribution is 0.128. The first-order valence-electron chi connectivity index (χ1n) is 6.70. The molecule has 0 fully saturated rings. The molecule has 0 saturated carbocycles. The van der Waals surface area contributed by atoms with Gasteiger partial charge in [-0.15, -0.1) is 0 Å². The molecule has 0 bridgehead atoms. The lowest BCUT2D eigenvalue weighted by atomic mass is 10.2. The number of hydrogen-bond acceptors (Lipinski definition) is 5. The summed E-state index contributed by atoms with van der Waals surface area (Å²) in [5.74, 6) is 2.40. The van der Waals surface area contributed by atoms with Crippen LogP contribution < -0.4 is 10.1 Å². The monoisotopic (exact) mass is 307 g/mol. The molecule has 0 amide bonds. The Morgan fingerprint density at radius 3 is 2.71 bits per heavy atom. The van der Waals surface area contributed by atoms with Crippen LogP contribution in [0.4, 0.5) is 5.82 Å². The van der Waals surface area contributed by atoms with Crippen molar-refractivity contribution in [2.24, 2.45) is 0 Å². The van der Waals surface area contributed by atoms with E-state index in [9.17, 15) is 0 Å². The van der Waals surface area contributed by atoms with Gasteiger partial charge in [-0.25, -0.2) is 4.98 Å². The van der Waals surface area contributed by atoms with Crippen molar-refractivity contribution in [3.8, 4) is 11.6 Å². The Morgan fingerprint density at radius 1 is 1.24 bits per heavy atom. The van der Waals surface area contributed by atoms with Crippen LogP contribution in [-0.4, -0.2) is 23.6 Å². The predicted octanol–water partition coefficient (Wildman–Crippen LogP) is 3.81. The molecule has 1 N–H and O–H groups in total. The molecule has 0 aliphatic heterocycles. The SMILES string of the molecule is CCOCc1nc(NC)cc(Oc2ccc(Cl)c(C)c2)n1. The summed E-state index contributed by atoms with van der Waals surface area (Å²) in [7, 11) is 1.79. The van der Waals surface area contributed by atoms with E-state index in [4.69, 9.17) is 21.1 Å². The van der Waals surface area contributed by atoms with Crippen LogP contribution >= 0.6 is 11.6 Å². The minimum Gasteiger partial charge on any atom is -0.439 e. The van der Waals surface area contributed by atoms with Gasteiger partial charge >= 0.3 is 0 Å². The van der Waals surface area contributed by atoms with Crippen molar-refractivity contribution in [1.29, 1.82) is 0 Å². The minimum atomic E-state index is 0.349. The fourth-order valence-electron chi connectivity index (χ4n) is 1.71. The maximum Gasteiger partial charge on any atom is 0.224 e. The number of nitrogens with one attached hydrogen (secondary N) is 1. The summed E-state index contributed by atoms with van der Waals surface area (Å²) < 4.78 is 11.1. The molecule has 0 saturated heterocycles. The maximum absolute atomic E-state index is 6.01. The van der Waals surface area contributed by atoms with Gasteiger partial charge in [-0.3, -0.25) is 0 Å². The van der Waals surface area contributed by atoms with Gasteiger partial charge in [-0.2, -0.15) is 4.98 Å². The highest BCUT2D eigenvalue weighted by Gasteiger charge is 2.07. The summed E-state index contributed by atoms with van der Waals surface area (Å²) >= 11 is 6.01. The van der Waals surface area contributed by atoms with Gasteiger partial charge in [0.05, 0.1) is 0 Å². The van der Waals surface area contributed by atoms with Crippen LogP contribution in [0.15, 0.2) is 24.3 Å². The first-order chi connectivity index (χ1) is 10.1. The van der Waals surface area contributed by atoms with Gasteiger partial charge in [-0.1, -0.05) is 11.6 Å². The van der Waals surface area contributed by atoms with Crippen molar-refractivity contribution in [1.82, 2.24) is 9.97 Å². The van der Waals surface area contributed by atoms with E-state index in [0.29, 0.717) is 41.5 Å². The van der Waals surface area contributed by atoms with Crippen LogP contribution in [0.25, 0.3) is 0 Å². The second-order valence-corrected chi connectivity index (χ2v) is 4.82. The van der Waals surface area contributed by atoms with Crippen LogP contribution in [-0.2, 0) is 11.3 Å². The number of anilines is 1. The highest BCUT2D eigenvalue weighted by atomic mass is 35.5. The van der Waals surface area contributed by atoms with Gasteiger partial charge in [0, 0.05) is 24.7 Å². The molecule has 112 valence electrons.